The molecule has 1 unspecified atom stereocenters. The molecule has 2 amide bonds. The first-order valence-electron chi connectivity index (χ1n) is 14.6. The molecule has 0 heterocycles. The Kier molecular flexibility index (Phi) is 12.0. The molecule has 0 aliphatic rings. The molecule has 0 aromatic heterocycles. The Morgan fingerprint density at radius 1 is 0.881 bits per heavy atom. The van der Waals surface area contributed by atoms with Crippen LogP contribution in [0.25, 0.3) is 0 Å². The molecule has 0 saturated heterocycles. The summed E-state index contributed by atoms with van der Waals surface area (Å²) in [7, 11) is -4.18. The second-order valence-corrected chi connectivity index (χ2v) is 12.2. The number of nitrogens with zero attached hydrogens (tertiary/aromatic N) is 2. The minimum Gasteiger partial charge on any atom is -0.492 e. The molecule has 3 aromatic rings. The zero-order chi connectivity index (χ0) is 30.7. The molecule has 42 heavy (non-hydrogen) atoms. The minimum absolute atomic E-state index is 0.0571. The molecular formula is C33H43N3O5S. The Morgan fingerprint density at radius 3 is 2.10 bits per heavy atom. The fraction of sp³-hybridized carbons (Fsp3) is 0.394. The lowest BCUT2D eigenvalue weighted by molar-refractivity contribution is -0.140. The van der Waals surface area contributed by atoms with Gasteiger partial charge in [-0.2, -0.15) is 0 Å². The monoisotopic (exact) mass is 593 g/mol. The van der Waals surface area contributed by atoms with Crippen LogP contribution >= 0.6 is 0 Å². The first-order valence-corrected chi connectivity index (χ1v) is 16.0. The average molecular weight is 594 g/mol. The largest absolute Gasteiger partial charge is 0.492 e. The molecule has 0 bridgehead atoms. The molecule has 0 fully saturated rings. The Labute approximate surface area is 250 Å². The van der Waals surface area contributed by atoms with Crippen molar-refractivity contribution in [2.75, 3.05) is 24.0 Å². The van der Waals surface area contributed by atoms with E-state index in [9.17, 15) is 18.0 Å². The summed E-state index contributed by atoms with van der Waals surface area (Å²) in [5, 5.41) is 2.95. The predicted octanol–water partition coefficient (Wildman–Crippen LogP) is 5.62. The molecule has 1 N–H and O–H groups in total. The number of aryl methyl sites for hydroxylation is 2. The van der Waals surface area contributed by atoms with E-state index < -0.39 is 28.5 Å². The summed E-state index contributed by atoms with van der Waals surface area (Å²) in [5.74, 6) is -0.401. The molecule has 9 heteroatoms. The number of benzene rings is 3. The lowest BCUT2D eigenvalue weighted by Gasteiger charge is -2.33. The third-order valence-electron chi connectivity index (χ3n) is 7.01. The zero-order valence-electron chi connectivity index (χ0n) is 25.3. The lowest BCUT2D eigenvalue weighted by atomic mass is 10.1. The number of para-hydroxylation sites is 2. The highest BCUT2D eigenvalue weighted by Crippen LogP contribution is 2.33. The molecule has 3 rings (SSSR count). The number of nitrogens with one attached hydrogen (secondary N) is 1. The number of hydrogen-bond donors (Lipinski definition) is 1. The number of carbonyl (C=O) groups excluding carboxylic acids is 2. The van der Waals surface area contributed by atoms with Crippen LogP contribution in [-0.4, -0.2) is 50.9 Å². The first kappa shape index (κ1) is 32.7. The third kappa shape index (κ3) is 8.35. The van der Waals surface area contributed by atoms with E-state index in [1.54, 1.807) is 36.4 Å². The van der Waals surface area contributed by atoms with Crippen molar-refractivity contribution in [2.45, 2.75) is 71.4 Å². The highest BCUT2D eigenvalue weighted by atomic mass is 32.2. The number of rotatable bonds is 15. The smallest absolute Gasteiger partial charge is 0.264 e. The minimum atomic E-state index is -4.18. The number of carbonyl (C=O) groups is 2. The van der Waals surface area contributed by atoms with Crippen LogP contribution < -0.4 is 14.4 Å². The fourth-order valence-corrected chi connectivity index (χ4v) is 6.03. The Bertz CT molecular complexity index is 1420. The summed E-state index contributed by atoms with van der Waals surface area (Å²) in [6.07, 6.45) is 2.12. The van der Waals surface area contributed by atoms with Crippen molar-refractivity contribution >= 4 is 27.5 Å². The van der Waals surface area contributed by atoms with Crippen molar-refractivity contribution in [1.29, 1.82) is 0 Å². The van der Waals surface area contributed by atoms with Crippen molar-refractivity contribution in [2.24, 2.45) is 0 Å². The highest BCUT2D eigenvalue weighted by Gasteiger charge is 2.34. The van der Waals surface area contributed by atoms with Crippen LogP contribution in [0.4, 0.5) is 5.69 Å². The van der Waals surface area contributed by atoms with E-state index in [2.05, 4.69) is 5.32 Å². The van der Waals surface area contributed by atoms with Gasteiger partial charge in [0.25, 0.3) is 10.0 Å². The van der Waals surface area contributed by atoms with Crippen LogP contribution in [0.15, 0.2) is 77.7 Å². The van der Waals surface area contributed by atoms with Crippen LogP contribution in [0.3, 0.4) is 0 Å². The maximum Gasteiger partial charge on any atom is 0.264 e. The molecule has 226 valence electrons. The van der Waals surface area contributed by atoms with E-state index in [1.807, 2.05) is 58.9 Å². The second kappa shape index (κ2) is 15.4. The van der Waals surface area contributed by atoms with Gasteiger partial charge in [-0.1, -0.05) is 79.9 Å². The SMILES string of the molecule is CCCCNC(=O)C(CC)N(Cc1ccc(C)cc1)C(=O)CN(c1ccccc1OCC)S(=O)(=O)c1ccc(C)cc1. The van der Waals surface area contributed by atoms with Gasteiger partial charge in [-0.05, 0) is 63.4 Å². The van der Waals surface area contributed by atoms with Gasteiger partial charge in [-0.3, -0.25) is 13.9 Å². The lowest BCUT2D eigenvalue weighted by Crippen LogP contribution is -2.52. The van der Waals surface area contributed by atoms with Gasteiger partial charge in [0.2, 0.25) is 11.8 Å². The second-order valence-electron chi connectivity index (χ2n) is 10.3. The van der Waals surface area contributed by atoms with Crippen LogP contribution in [-0.2, 0) is 26.2 Å². The quantitative estimate of drug-likeness (QED) is 0.231. The molecule has 0 saturated carbocycles. The average Bonchev–Trinajstić information content (AvgIpc) is 2.97. The molecule has 0 spiro atoms. The summed E-state index contributed by atoms with van der Waals surface area (Å²) < 4.78 is 35.1. The molecule has 0 radical (unpaired) electrons. The van der Waals surface area contributed by atoms with Gasteiger partial charge in [-0.25, -0.2) is 8.42 Å². The van der Waals surface area contributed by atoms with Gasteiger partial charge < -0.3 is 15.0 Å². The highest BCUT2D eigenvalue weighted by molar-refractivity contribution is 7.92. The van der Waals surface area contributed by atoms with Gasteiger partial charge >= 0.3 is 0 Å². The van der Waals surface area contributed by atoms with Crippen molar-refractivity contribution in [3.05, 3.63) is 89.5 Å². The maximum atomic E-state index is 14.2. The van der Waals surface area contributed by atoms with E-state index in [-0.39, 0.29) is 23.0 Å². The van der Waals surface area contributed by atoms with E-state index in [0.29, 0.717) is 25.3 Å². The normalized spacial score (nSPS) is 11.9. The fourth-order valence-electron chi connectivity index (χ4n) is 4.61. The van der Waals surface area contributed by atoms with Crippen LogP contribution in [0.1, 0.15) is 56.7 Å². The standard InChI is InChI=1S/C33H43N3O5S/c1-6-9-22-34-33(38)29(7-2)35(23-27-18-14-25(4)15-19-27)32(37)24-36(30-12-10-11-13-31(30)41-8-3)42(39,40)28-20-16-26(5)17-21-28/h10-21,29H,6-9,22-24H2,1-5H3,(H,34,38). The van der Waals surface area contributed by atoms with E-state index in [4.69, 9.17) is 4.74 Å². The summed E-state index contributed by atoms with van der Waals surface area (Å²) in [6, 6.07) is 20.2. The summed E-state index contributed by atoms with van der Waals surface area (Å²) in [6.45, 7) is 10.0. The number of ether oxygens (including phenoxy) is 1. The van der Waals surface area contributed by atoms with Crippen LogP contribution in [0.2, 0.25) is 0 Å². The molecule has 0 aliphatic heterocycles. The van der Waals surface area contributed by atoms with Gasteiger partial charge in [0, 0.05) is 13.1 Å². The van der Waals surface area contributed by atoms with Gasteiger partial charge in [0.05, 0.1) is 17.2 Å². The molecular weight excluding hydrogens is 550 g/mol. The Balaban J connectivity index is 2.08. The number of hydrogen-bond acceptors (Lipinski definition) is 5. The van der Waals surface area contributed by atoms with E-state index in [1.165, 1.54) is 17.0 Å². The van der Waals surface area contributed by atoms with Crippen molar-refractivity contribution in [3.8, 4) is 5.75 Å². The topological polar surface area (TPSA) is 96.0 Å². The molecule has 8 nitrogen and oxygen atoms in total. The Morgan fingerprint density at radius 2 is 1.50 bits per heavy atom. The molecule has 3 aromatic carbocycles. The van der Waals surface area contributed by atoms with Gasteiger partial charge in [0.1, 0.15) is 18.3 Å². The Hall–Kier alpha value is -3.85. The third-order valence-corrected chi connectivity index (χ3v) is 8.78. The van der Waals surface area contributed by atoms with Crippen molar-refractivity contribution in [1.82, 2.24) is 10.2 Å². The van der Waals surface area contributed by atoms with Crippen molar-refractivity contribution in [3.63, 3.8) is 0 Å². The number of unbranched alkanes of at least 4 members (excludes halogenated alkanes) is 1. The summed E-state index contributed by atoms with van der Waals surface area (Å²) in [5.41, 5.74) is 3.08. The van der Waals surface area contributed by atoms with Gasteiger partial charge in [-0.15, -0.1) is 0 Å². The van der Waals surface area contributed by atoms with E-state index in [0.717, 1.165) is 33.8 Å². The summed E-state index contributed by atoms with van der Waals surface area (Å²) in [4.78, 5) is 29.1. The maximum absolute atomic E-state index is 14.2. The zero-order valence-corrected chi connectivity index (χ0v) is 26.1. The van der Waals surface area contributed by atoms with Crippen LogP contribution in [0, 0.1) is 13.8 Å². The predicted molar refractivity (Wildman–Crippen MR) is 167 cm³/mol. The number of amides is 2. The molecule has 1 atom stereocenters. The van der Waals surface area contributed by atoms with Crippen LogP contribution in [0.5, 0.6) is 5.75 Å². The number of anilines is 1. The van der Waals surface area contributed by atoms with E-state index >= 15 is 0 Å². The molecule has 0 aliphatic carbocycles. The summed E-state index contributed by atoms with van der Waals surface area (Å²) >= 11 is 0. The number of sulfonamides is 1. The van der Waals surface area contributed by atoms with Crippen molar-refractivity contribution < 1.29 is 22.7 Å². The van der Waals surface area contributed by atoms with Gasteiger partial charge in [0.15, 0.2) is 0 Å². The first-order chi connectivity index (χ1) is 20.1.